The molecule has 0 radical (unpaired) electrons. The van der Waals surface area contributed by atoms with E-state index < -0.39 is 0 Å². The van der Waals surface area contributed by atoms with Gasteiger partial charge in [-0.25, -0.2) is 0 Å². The van der Waals surface area contributed by atoms with E-state index in [2.05, 4.69) is 53.6 Å². The number of hydrogen-bond donors (Lipinski definition) is 1. The van der Waals surface area contributed by atoms with Crippen LogP contribution in [0.5, 0.6) is 0 Å². The summed E-state index contributed by atoms with van der Waals surface area (Å²) in [5.41, 5.74) is 2.27. The number of pyridine rings is 1. The van der Waals surface area contributed by atoms with E-state index in [0.717, 1.165) is 24.5 Å². The zero-order valence-electron chi connectivity index (χ0n) is 11.9. The summed E-state index contributed by atoms with van der Waals surface area (Å²) in [4.78, 5) is 7.07. The molecule has 1 N–H and O–H groups in total. The Labute approximate surface area is 115 Å². The molecule has 0 bridgehead atoms. The summed E-state index contributed by atoms with van der Waals surface area (Å²) in [5, 5.41) is 3.14. The SMILES string of the molecule is CCC(CSC)N(C)Cc1cccc(CNC)n1. The molecule has 4 heteroatoms. The Hall–Kier alpha value is -0.580. The minimum absolute atomic E-state index is 0.634. The monoisotopic (exact) mass is 267 g/mol. The molecule has 0 aliphatic heterocycles. The van der Waals surface area contributed by atoms with Crippen LogP contribution in [0.4, 0.5) is 0 Å². The van der Waals surface area contributed by atoms with Gasteiger partial charge in [0.15, 0.2) is 0 Å². The molecule has 0 saturated carbocycles. The van der Waals surface area contributed by atoms with Crippen molar-refractivity contribution in [1.82, 2.24) is 15.2 Å². The highest BCUT2D eigenvalue weighted by atomic mass is 32.2. The van der Waals surface area contributed by atoms with Crippen LogP contribution in [0.25, 0.3) is 0 Å². The molecule has 18 heavy (non-hydrogen) atoms. The van der Waals surface area contributed by atoms with Crippen molar-refractivity contribution in [3.63, 3.8) is 0 Å². The number of hydrogen-bond acceptors (Lipinski definition) is 4. The van der Waals surface area contributed by atoms with E-state index in [1.54, 1.807) is 0 Å². The smallest absolute Gasteiger partial charge is 0.0547 e. The molecule has 1 unspecified atom stereocenters. The van der Waals surface area contributed by atoms with Gasteiger partial charge in [0.25, 0.3) is 0 Å². The lowest BCUT2D eigenvalue weighted by molar-refractivity contribution is 0.245. The Balaban J connectivity index is 2.62. The molecule has 3 nitrogen and oxygen atoms in total. The number of nitrogens with zero attached hydrogens (tertiary/aromatic N) is 2. The maximum Gasteiger partial charge on any atom is 0.0547 e. The van der Waals surface area contributed by atoms with Crippen LogP contribution in [0.3, 0.4) is 0 Å². The second kappa shape index (κ2) is 8.51. The standard InChI is InChI=1S/C14H25N3S/c1-5-14(11-18-4)17(3)10-13-8-6-7-12(16-13)9-15-2/h6-8,14-15H,5,9-11H2,1-4H3. The van der Waals surface area contributed by atoms with Crippen LogP contribution >= 0.6 is 11.8 Å². The summed E-state index contributed by atoms with van der Waals surface area (Å²) in [7, 11) is 4.14. The predicted octanol–water partition coefficient (Wildman–Crippen LogP) is 2.37. The van der Waals surface area contributed by atoms with Crippen molar-refractivity contribution in [3.8, 4) is 0 Å². The van der Waals surface area contributed by atoms with Gasteiger partial charge in [-0.15, -0.1) is 0 Å². The van der Waals surface area contributed by atoms with Gasteiger partial charge in [-0.2, -0.15) is 11.8 Å². The Morgan fingerprint density at radius 3 is 2.72 bits per heavy atom. The molecule has 0 aromatic carbocycles. The van der Waals surface area contributed by atoms with Gasteiger partial charge in [-0.1, -0.05) is 13.0 Å². The molecule has 1 atom stereocenters. The first-order valence-electron chi connectivity index (χ1n) is 6.49. The van der Waals surface area contributed by atoms with E-state index in [9.17, 15) is 0 Å². The summed E-state index contributed by atoms with van der Waals surface area (Å²) in [6.07, 6.45) is 3.36. The molecular formula is C14H25N3S. The second-order valence-corrected chi connectivity index (χ2v) is 5.49. The van der Waals surface area contributed by atoms with E-state index in [1.807, 2.05) is 18.8 Å². The maximum absolute atomic E-state index is 4.67. The average molecular weight is 267 g/mol. The van der Waals surface area contributed by atoms with Crippen molar-refractivity contribution in [3.05, 3.63) is 29.6 Å². The van der Waals surface area contributed by atoms with E-state index in [4.69, 9.17) is 0 Å². The fourth-order valence-corrected chi connectivity index (χ4v) is 2.91. The zero-order chi connectivity index (χ0) is 13.4. The quantitative estimate of drug-likeness (QED) is 0.783. The van der Waals surface area contributed by atoms with Crippen molar-refractivity contribution in [2.24, 2.45) is 0 Å². The lowest BCUT2D eigenvalue weighted by Gasteiger charge is -2.26. The summed E-state index contributed by atoms with van der Waals surface area (Å²) in [6, 6.07) is 6.91. The first-order valence-corrected chi connectivity index (χ1v) is 7.89. The van der Waals surface area contributed by atoms with Gasteiger partial charge in [-0.05, 0) is 38.9 Å². The zero-order valence-corrected chi connectivity index (χ0v) is 12.8. The molecule has 1 aromatic heterocycles. The Bertz CT molecular complexity index is 344. The number of rotatable bonds is 8. The number of aromatic nitrogens is 1. The molecule has 0 amide bonds. The molecule has 0 fully saturated rings. The molecule has 102 valence electrons. The van der Waals surface area contributed by atoms with E-state index in [-0.39, 0.29) is 0 Å². The van der Waals surface area contributed by atoms with Gasteiger partial charge in [0.2, 0.25) is 0 Å². The Morgan fingerprint density at radius 1 is 1.39 bits per heavy atom. The largest absolute Gasteiger partial charge is 0.314 e. The number of nitrogens with one attached hydrogen (secondary N) is 1. The van der Waals surface area contributed by atoms with Crippen LogP contribution in [0, 0.1) is 0 Å². The van der Waals surface area contributed by atoms with Crippen LogP contribution in [0.15, 0.2) is 18.2 Å². The molecular weight excluding hydrogens is 242 g/mol. The minimum Gasteiger partial charge on any atom is -0.314 e. The molecule has 1 heterocycles. The fraction of sp³-hybridized carbons (Fsp3) is 0.643. The molecule has 1 rings (SSSR count). The lowest BCUT2D eigenvalue weighted by Crippen LogP contribution is -2.33. The summed E-state index contributed by atoms with van der Waals surface area (Å²) in [6.45, 7) is 4.01. The van der Waals surface area contributed by atoms with Gasteiger partial charge in [0.1, 0.15) is 0 Å². The van der Waals surface area contributed by atoms with Gasteiger partial charge >= 0.3 is 0 Å². The van der Waals surface area contributed by atoms with E-state index >= 15 is 0 Å². The second-order valence-electron chi connectivity index (χ2n) is 4.58. The van der Waals surface area contributed by atoms with Gasteiger partial charge in [-0.3, -0.25) is 9.88 Å². The summed E-state index contributed by atoms with van der Waals surface area (Å²) >= 11 is 1.91. The van der Waals surface area contributed by atoms with Crippen molar-refractivity contribution in [2.75, 3.05) is 26.1 Å². The Morgan fingerprint density at radius 2 is 2.11 bits per heavy atom. The van der Waals surface area contributed by atoms with Gasteiger partial charge in [0.05, 0.1) is 11.4 Å². The molecule has 1 aromatic rings. The van der Waals surface area contributed by atoms with Crippen molar-refractivity contribution < 1.29 is 0 Å². The molecule has 0 spiro atoms. The van der Waals surface area contributed by atoms with Gasteiger partial charge in [0, 0.05) is 24.9 Å². The molecule has 0 aliphatic carbocycles. The first-order chi connectivity index (χ1) is 8.71. The third kappa shape index (κ3) is 4.96. The van der Waals surface area contributed by atoms with E-state index in [1.165, 1.54) is 12.2 Å². The average Bonchev–Trinajstić information content (AvgIpc) is 2.36. The molecule has 0 aliphatic rings. The van der Waals surface area contributed by atoms with Crippen molar-refractivity contribution in [2.45, 2.75) is 32.5 Å². The van der Waals surface area contributed by atoms with Crippen LogP contribution in [0.2, 0.25) is 0 Å². The lowest BCUT2D eigenvalue weighted by atomic mass is 10.2. The summed E-state index contributed by atoms with van der Waals surface area (Å²) in [5.74, 6) is 1.18. The predicted molar refractivity (Wildman–Crippen MR) is 80.9 cm³/mol. The molecule has 0 saturated heterocycles. The maximum atomic E-state index is 4.67. The van der Waals surface area contributed by atoms with Crippen LogP contribution in [-0.4, -0.2) is 42.0 Å². The third-order valence-corrected chi connectivity index (χ3v) is 3.81. The fourth-order valence-electron chi connectivity index (χ4n) is 2.03. The minimum atomic E-state index is 0.634. The van der Waals surface area contributed by atoms with E-state index in [0.29, 0.717) is 6.04 Å². The highest BCUT2D eigenvalue weighted by Gasteiger charge is 2.12. The van der Waals surface area contributed by atoms with Crippen molar-refractivity contribution >= 4 is 11.8 Å². The Kier molecular flexibility index (Phi) is 7.32. The summed E-state index contributed by atoms with van der Waals surface area (Å²) < 4.78 is 0. The topological polar surface area (TPSA) is 28.2 Å². The normalized spacial score (nSPS) is 12.9. The highest BCUT2D eigenvalue weighted by Crippen LogP contribution is 2.11. The van der Waals surface area contributed by atoms with Gasteiger partial charge < -0.3 is 5.32 Å². The van der Waals surface area contributed by atoms with Crippen molar-refractivity contribution in [1.29, 1.82) is 0 Å². The third-order valence-electron chi connectivity index (χ3n) is 3.09. The number of thioether (sulfide) groups is 1. The van der Waals surface area contributed by atoms with Crippen LogP contribution in [0.1, 0.15) is 24.7 Å². The highest BCUT2D eigenvalue weighted by molar-refractivity contribution is 7.98. The first kappa shape index (κ1) is 15.5. The van der Waals surface area contributed by atoms with Crippen LogP contribution in [-0.2, 0) is 13.1 Å². The van der Waals surface area contributed by atoms with Crippen LogP contribution < -0.4 is 5.32 Å².